The Morgan fingerprint density at radius 1 is 1.67 bits per heavy atom. The molecule has 9 heavy (non-hydrogen) atoms. The zero-order valence-corrected chi connectivity index (χ0v) is 9.71. The van der Waals surface area contributed by atoms with Crippen LogP contribution in [0, 0.1) is 0 Å². The number of rotatable bonds is 1. The van der Waals surface area contributed by atoms with Gasteiger partial charge in [-0.1, -0.05) is 6.07 Å². The number of hydrogen-bond donors (Lipinski definition) is 0. The summed E-state index contributed by atoms with van der Waals surface area (Å²) in [4.78, 5) is 11.0. The summed E-state index contributed by atoms with van der Waals surface area (Å²) in [5.74, 6) is 0. The van der Waals surface area contributed by atoms with Crippen molar-refractivity contribution in [1.82, 2.24) is 0 Å². The fourth-order valence-electron chi connectivity index (χ4n) is 0.395. The van der Waals surface area contributed by atoms with E-state index in [2.05, 4.69) is 12.6 Å². The molecule has 0 atom stereocenters. The van der Waals surface area contributed by atoms with Gasteiger partial charge in [-0.15, -0.1) is 11.3 Å². The standard InChI is InChI=1S/C5H4OS2.K/c6-5(7)4-2-1-3-8-4;/h1-3H,(H,6,7);/q;+1/p-1. The molecule has 0 radical (unpaired) electrons. The van der Waals surface area contributed by atoms with Crippen LogP contribution in [0.3, 0.4) is 0 Å². The number of thiophene rings is 1. The molecule has 0 aliphatic carbocycles. The van der Waals surface area contributed by atoms with Crippen molar-refractivity contribution < 1.29 is 56.2 Å². The van der Waals surface area contributed by atoms with Gasteiger partial charge in [-0.05, 0) is 11.4 Å². The summed E-state index contributed by atoms with van der Waals surface area (Å²) in [6.45, 7) is 0. The topological polar surface area (TPSA) is 17.1 Å². The molecular formula is C5H3KOS2. The summed E-state index contributed by atoms with van der Waals surface area (Å²) in [6.07, 6.45) is 0. The van der Waals surface area contributed by atoms with Gasteiger partial charge in [0.05, 0.1) is 5.12 Å². The van der Waals surface area contributed by atoms with Crippen LogP contribution in [0.5, 0.6) is 0 Å². The second kappa shape index (κ2) is 4.95. The quantitative estimate of drug-likeness (QED) is 0.386. The summed E-state index contributed by atoms with van der Waals surface area (Å²) >= 11 is 5.75. The van der Waals surface area contributed by atoms with Crippen molar-refractivity contribution in [2.24, 2.45) is 0 Å². The van der Waals surface area contributed by atoms with Crippen molar-refractivity contribution in [3.63, 3.8) is 0 Å². The molecule has 1 rings (SSSR count). The Balaban J connectivity index is 0.000000640. The molecule has 0 fully saturated rings. The fourth-order valence-corrected chi connectivity index (χ4v) is 1.16. The third-order valence-corrected chi connectivity index (χ3v) is 1.94. The van der Waals surface area contributed by atoms with Crippen molar-refractivity contribution in [3.8, 4) is 0 Å². The van der Waals surface area contributed by atoms with Crippen molar-refractivity contribution in [3.05, 3.63) is 22.4 Å². The van der Waals surface area contributed by atoms with Crippen molar-refractivity contribution >= 4 is 29.1 Å². The van der Waals surface area contributed by atoms with Gasteiger partial charge in [0, 0.05) is 4.88 Å². The van der Waals surface area contributed by atoms with Crippen LogP contribution in [-0.4, -0.2) is 5.12 Å². The van der Waals surface area contributed by atoms with Crippen molar-refractivity contribution in [2.45, 2.75) is 0 Å². The third-order valence-electron chi connectivity index (χ3n) is 0.722. The molecule has 0 amide bonds. The molecule has 0 saturated heterocycles. The Bertz CT molecular complexity index is 183. The molecule has 0 bridgehead atoms. The summed E-state index contributed by atoms with van der Waals surface area (Å²) in [5, 5.41) is 1.57. The van der Waals surface area contributed by atoms with E-state index in [9.17, 15) is 4.79 Å². The molecule has 1 nitrogen and oxygen atoms in total. The minimum absolute atomic E-state index is 0. The van der Waals surface area contributed by atoms with E-state index in [0.29, 0.717) is 4.88 Å². The van der Waals surface area contributed by atoms with E-state index in [1.54, 1.807) is 6.07 Å². The summed E-state index contributed by atoms with van der Waals surface area (Å²) in [7, 11) is 0. The summed E-state index contributed by atoms with van der Waals surface area (Å²) < 4.78 is 0. The first-order valence-corrected chi connectivity index (χ1v) is 3.34. The van der Waals surface area contributed by atoms with Crippen LogP contribution in [0.25, 0.3) is 0 Å². The molecule has 4 heteroatoms. The van der Waals surface area contributed by atoms with Gasteiger partial charge in [-0.3, -0.25) is 0 Å². The number of carbonyl (C=O) groups excluding carboxylic acids is 1. The van der Waals surface area contributed by atoms with E-state index in [0.717, 1.165) is 0 Å². The van der Waals surface area contributed by atoms with Crippen LogP contribution in [-0.2, 0) is 12.6 Å². The molecule has 1 aromatic heterocycles. The van der Waals surface area contributed by atoms with Crippen LogP contribution in [0.1, 0.15) is 9.67 Å². The first-order chi connectivity index (χ1) is 3.80. The smallest absolute Gasteiger partial charge is 0.736 e. The van der Waals surface area contributed by atoms with E-state index in [1.165, 1.54) is 11.3 Å². The average molecular weight is 182 g/mol. The van der Waals surface area contributed by atoms with Crippen LogP contribution in [0.4, 0.5) is 0 Å². The van der Waals surface area contributed by atoms with Crippen molar-refractivity contribution in [2.75, 3.05) is 0 Å². The fraction of sp³-hybridized carbons (Fsp3) is 0. The first kappa shape index (κ1) is 10.2. The predicted molar refractivity (Wildman–Crippen MR) is 36.0 cm³/mol. The maximum atomic E-state index is 10.3. The molecule has 0 N–H and O–H groups in total. The molecule has 0 unspecified atom stereocenters. The molecule has 42 valence electrons. The van der Waals surface area contributed by atoms with Gasteiger partial charge in [-0.2, -0.15) is 0 Å². The van der Waals surface area contributed by atoms with E-state index < -0.39 is 0 Å². The molecule has 1 aromatic rings. The SMILES string of the molecule is O=C([S-])c1cccs1.[K+]. The van der Waals surface area contributed by atoms with Gasteiger partial charge < -0.3 is 17.4 Å². The van der Waals surface area contributed by atoms with E-state index >= 15 is 0 Å². The van der Waals surface area contributed by atoms with Gasteiger partial charge in [0.25, 0.3) is 0 Å². The zero-order valence-electron chi connectivity index (χ0n) is 4.96. The number of carbonyl (C=O) groups is 1. The molecule has 0 aliphatic rings. The van der Waals surface area contributed by atoms with Crippen LogP contribution < -0.4 is 51.4 Å². The Morgan fingerprint density at radius 3 is 2.56 bits per heavy atom. The minimum Gasteiger partial charge on any atom is -0.736 e. The second-order valence-electron chi connectivity index (χ2n) is 1.26. The summed E-state index contributed by atoms with van der Waals surface area (Å²) in [6, 6.07) is 3.53. The van der Waals surface area contributed by atoms with Gasteiger partial charge in [0.15, 0.2) is 0 Å². The average Bonchev–Trinajstić information content (AvgIpc) is 2.12. The Morgan fingerprint density at radius 2 is 2.33 bits per heavy atom. The monoisotopic (exact) mass is 182 g/mol. The van der Waals surface area contributed by atoms with Gasteiger partial charge in [0.1, 0.15) is 0 Å². The first-order valence-electron chi connectivity index (χ1n) is 2.05. The normalized spacial score (nSPS) is 8.00. The van der Waals surface area contributed by atoms with Gasteiger partial charge >= 0.3 is 51.4 Å². The Labute approximate surface area is 106 Å². The van der Waals surface area contributed by atoms with E-state index in [1.807, 2.05) is 11.4 Å². The largest absolute Gasteiger partial charge is 1.00 e. The molecule has 0 aromatic carbocycles. The molecule has 0 saturated carbocycles. The van der Waals surface area contributed by atoms with Crippen LogP contribution >= 0.6 is 11.3 Å². The predicted octanol–water partition coefficient (Wildman–Crippen LogP) is -1.56. The van der Waals surface area contributed by atoms with Crippen LogP contribution in [0.15, 0.2) is 17.5 Å². The summed E-state index contributed by atoms with van der Waals surface area (Å²) in [5.41, 5.74) is 0. The van der Waals surface area contributed by atoms with Gasteiger partial charge in [0.2, 0.25) is 0 Å². The third kappa shape index (κ3) is 3.22. The molecular weight excluding hydrogens is 179 g/mol. The van der Waals surface area contributed by atoms with E-state index in [4.69, 9.17) is 0 Å². The second-order valence-corrected chi connectivity index (χ2v) is 2.58. The number of hydrogen-bond acceptors (Lipinski definition) is 3. The molecule has 0 spiro atoms. The van der Waals surface area contributed by atoms with Crippen LogP contribution in [0.2, 0.25) is 0 Å². The van der Waals surface area contributed by atoms with E-state index in [-0.39, 0.29) is 56.5 Å². The maximum absolute atomic E-state index is 10.3. The Kier molecular flexibility index (Phi) is 5.63. The Hall–Kier alpha value is 1.23. The van der Waals surface area contributed by atoms with Crippen molar-refractivity contribution in [1.29, 1.82) is 0 Å². The molecule has 1 heterocycles. The zero-order chi connectivity index (χ0) is 5.98. The minimum atomic E-state index is -0.264. The molecule has 0 aliphatic heterocycles. The van der Waals surface area contributed by atoms with Gasteiger partial charge in [-0.25, -0.2) is 0 Å². The maximum Gasteiger partial charge on any atom is 1.00 e.